The van der Waals surface area contributed by atoms with E-state index >= 15 is 0 Å². The molecule has 1 aliphatic carbocycles. The van der Waals surface area contributed by atoms with Crippen molar-refractivity contribution in [3.63, 3.8) is 0 Å². The van der Waals surface area contributed by atoms with Gasteiger partial charge >= 0.3 is 0 Å². The minimum absolute atomic E-state index is 0.0727. The molecule has 3 aromatic rings. The largest absolute Gasteiger partial charge is 0.393 e. The molecule has 1 N–H and O–H groups in total. The number of benzene rings is 2. The van der Waals surface area contributed by atoms with Crippen LogP contribution in [0, 0.1) is 11.8 Å². The highest BCUT2D eigenvalue weighted by Crippen LogP contribution is 2.51. The zero-order valence-electron chi connectivity index (χ0n) is 18.9. The molecule has 2 aromatic carbocycles. The van der Waals surface area contributed by atoms with Crippen LogP contribution < -0.4 is 0 Å². The fourth-order valence-electron chi connectivity index (χ4n) is 6.51. The third kappa shape index (κ3) is 4.26. The molecule has 2 aliphatic rings. The zero-order valence-corrected chi connectivity index (χ0v) is 18.9. The molecule has 1 aliphatic heterocycles. The van der Waals surface area contributed by atoms with Gasteiger partial charge in [0.05, 0.1) is 12.4 Å². The number of aromatic nitrogens is 2. The molecule has 0 amide bonds. The topological polar surface area (TPSA) is 41.3 Å². The van der Waals surface area contributed by atoms with Gasteiger partial charge in [-0.1, -0.05) is 67.1 Å². The monoisotopic (exact) mass is 429 g/mol. The van der Waals surface area contributed by atoms with Crippen LogP contribution in [0.15, 0.2) is 79.4 Å². The maximum atomic E-state index is 11.2. The summed E-state index contributed by atoms with van der Waals surface area (Å²) in [5.74, 6) is 0.829. The normalized spacial score (nSPS) is 24.4. The molecule has 1 saturated carbocycles. The number of rotatable bonds is 7. The van der Waals surface area contributed by atoms with E-state index in [0.29, 0.717) is 5.92 Å². The van der Waals surface area contributed by atoms with Crippen LogP contribution in [0.2, 0.25) is 0 Å². The van der Waals surface area contributed by atoms with E-state index in [1.807, 2.05) is 12.5 Å². The van der Waals surface area contributed by atoms with Crippen molar-refractivity contribution in [2.75, 3.05) is 13.1 Å². The summed E-state index contributed by atoms with van der Waals surface area (Å²) in [7, 11) is 0. The predicted molar refractivity (Wildman–Crippen MR) is 128 cm³/mol. The molecule has 5 rings (SSSR count). The number of aliphatic hydroxyl groups excluding tert-OH is 1. The van der Waals surface area contributed by atoms with Gasteiger partial charge in [-0.05, 0) is 61.7 Å². The Balaban J connectivity index is 1.45. The Labute approximate surface area is 191 Å². The number of likely N-dealkylation sites (tertiary alicyclic amines) is 1. The maximum absolute atomic E-state index is 11.2. The first-order chi connectivity index (χ1) is 15.8. The minimum atomic E-state index is -0.221. The van der Waals surface area contributed by atoms with Crippen LogP contribution in [-0.4, -0.2) is 38.8 Å². The Bertz CT molecular complexity index is 951. The Hall–Kier alpha value is -2.43. The van der Waals surface area contributed by atoms with Crippen LogP contribution in [0.3, 0.4) is 0 Å². The fourth-order valence-corrected chi connectivity index (χ4v) is 6.51. The van der Waals surface area contributed by atoms with Crippen LogP contribution in [0.5, 0.6) is 0 Å². The summed E-state index contributed by atoms with van der Waals surface area (Å²) in [5, 5.41) is 11.2. The molecule has 1 aromatic heterocycles. The molecule has 3 unspecified atom stereocenters. The second kappa shape index (κ2) is 9.60. The Kier molecular flexibility index (Phi) is 6.42. The molecule has 32 heavy (non-hydrogen) atoms. The third-order valence-electron chi connectivity index (χ3n) is 8.02. The smallest absolute Gasteiger partial charge is 0.0946 e. The van der Waals surface area contributed by atoms with E-state index in [9.17, 15) is 5.11 Å². The van der Waals surface area contributed by atoms with Crippen LogP contribution in [0.25, 0.3) is 0 Å². The standard InChI is InChI=1S/C28H35N3O/c32-27-13-7-12-26(27)28(21-31-19-16-29-22-31,24-10-5-2-6-11-24)25-14-17-30(18-15-25)20-23-8-3-1-4-9-23/h1-6,8-11,16,19,22,25-27,32H,7,12-15,17-18,20-21H2. The molecule has 4 nitrogen and oxygen atoms in total. The van der Waals surface area contributed by atoms with E-state index in [2.05, 4.69) is 81.3 Å². The molecular formula is C28H35N3O. The second-order valence-corrected chi connectivity index (χ2v) is 9.78. The number of imidazole rings is 1. The van der Waals surface area contributed by atoms with Gasteiger partial charge in [-0.25, -0.2) is 4.98 Å². The summed E-state index contributed by atoms with van der Waals surface area (Å²) >= 11 is 0. The first-order valence-corrected chi connectivity index (χ1v) is 12.2. The lowest BCUT2D eigenvalue weighted by Gasteiger charge is -2.50. The third-order valence-corrected chi connectivity index (χ3v) is 8.02. The quantitative estimate of drug-likeness (QED) is 0.581. The number of piperidine rings is 1. The highest BCUT2D eigenvalue weighted by molar-refractivity contribution is 5.30. The summed E-state index contributed by atoms with van der Waals surface area (Å²) in [6.07, 6.45) is 11.2. The summed E-state index contributed by atoms with van der Waals surface area (Å²) in [5.41, 5.74) is 2.71. The summed E-state index contributed by atoms with van der Waals surface area (Å²) in [6.45, 7) is 4.14. The number of aliphatic hydroxyl groups is 1. The zero-order chi connectivity index (χ0) is 21.8. The van der Waals surface area contributed by atoms with E-state index in [-0.39, 0.29) is 17.4 Å². The minimum Gasteiger partial charge on any atom is -0.393 e. The lowest BCUT2D eigenvalue weighted by atomic mass is 9.58. The molecule has 0 bridgehead atoms. The Morgan fingerprint density at radius 3 is 2.25 bits per heavy atom. The Morgan fingerprint density at radius 1 is 0.906 bits per heavy atom. The van der Waals surface area contributed by atoms with Gasteiger partial charge in [-0.3, -0.25) is 4.90 Å². The molecule has 0 spiro atoms. The van der Waals surface area contributed by atoms with Crippen LogP contribution in [-0.2, 0) is 18.5 Å². The molecule has 2 fully saturated rings. The van der Waals surface area contributed by atoms with Crippen molar-refractivity contribution in [2.24, 2.45) is 11.8 Å². The molecule has 3 atom stereocenters. The van der Waals surface area contributed by atoms with Crippen LogP contribution >= 0.6 is 0 Å². The van der Waals surface area contributed by atoms with Crippen molar-refractivity contribution in [1.29, 1.82) is 0 Å². The van der Waals surface area contributed by atoms with E-state index in [4.69, 9.17) is 0 Å². The lowest BCUT2D eigenvalue weighted by Crippen LogP contribution is -2.52. The van der Waals surface area contributed by atoms with Crippen molar-refractivity contribution >= 4 is 0 Å². The molecule has 2 heterocycles. The average Bonchev–Trinajstić information content (AvgIpc) is 3.51. The van der Waals surface area contributed by atoms with Gasteiger partial charge in [-0.2, -0.15) is 0 Å². The van der Waals surface area contributed by atoms with Crippen molar-refractivity contribution in [1.82, 2.24) is 14.5 Å². The SMILES string of the molecule is OC1CCCC1C(Cn1ccnc1)(c1ccccc1)C1CCN(Cc2ccccc2)CC1. The molecule has 168 valence electrons. The van der Waals surface area contributed by atoms with Gasteiger partial charge in [-0.15, -0.1) is 0 Å². The first-order valence-electron chi connectivity index (χ1n) is 12.2. The molecule has 4 heteroatoms. The predicted octanol–water partition coefficient (Wildman–Crippen LogP) is 4.89. The van der Waals surface area contributed by atoms with Gasteiger partial charge < -0.3 is 9.67 Å². The summed E-state index contributed by atoms with van der Waals surface area (Å²) in [6, 6.07) is 21.9. The molecular weight excluding hydrogens is 394 g/mol. The van der Waals surface area contributed by atoms with Gasteiger partial charge in [0.15, 0.2) is 0 Å². The molecule has 0 radical (unpaired) electrons. The van der Waals surface area contributed by atoms with E-state index in [1.54, 1.807) is 0 Å². The summed E-state index contributed by atoms with van der Waals surface area (Å²) < 4.78 is 2.24. The average molecular weight is 430 g/mol. The number of nitrogens with zero attached hydrogens (tertiary/aromatic N) is 3. The first kappa shape index (κ1) is 21.4. The second-order valence-electron chi connectivity index (χ2n) is 9.78. The fraction of sp³-hybridized carbons (Fsp3) is 0.464. The number of hydrogen-bond donors (Lipinski definition) is 1. The van der Waals surface area contributed by atoms with E-state index < -0.39 is 0 Å². The van der Waals surface area contributed by atoms with E-state index in [0.717, 1.165) is 45.4 Å². The van der Waals surface area contributed by atoms with Gasteiger partial charge in [0.2, 0.25) is 0 Å². The van der Waals surface area contributed by atoms with Gasteiger partial charge in [0.1, 0.15) is 0 Å². The summed E-state index contributed by atoms with van der Waals surface area (Å²) in [4.78, 5) is 6.94. The van der Waals surface area contributed by atoms with Crippen molar-refractivity contribution in [3.05, 3.63) is 90.5 Å². The van der Waals surface area contributed by atoms with Gasteiger partial charge in [0.25, 0.3) is 0 Å². The van der Waals surface area contributed by atoms with Crippen LogP contribution in [0.1, 0.15) is 43.2 Å². The van der Waals surface area contributed by atoms with Crippen molar-refractivity contribution < 1.29 is 5.11 Å². The number of hydrogen-bond acceptors (Lipinski definition) is 3. The Morgan fingerprint density at radius 2 is 1.62 bits per heavy atom. The van der Waals surface area contributed by atoms with Crippen molar-refractivity contribution in [3.8, 4) is 0 Å². The van der Waals surface area contributed by atoms with Gasteiger partial charge in [0, 0.05) is 30.9 Å². The highest BCUT2D eigenvalue weighted by atomic mass is 16.3. The van der Waals surface area contributed by atoms with Crippen LogP contribution in [0.4, 0.5) is 0 Å². The van der Waals surface area contributed by atoms with Crippen molar-refractivity contribution in [2.45, 2.75) is 56.7 Å². The maximum Gasteiger partial charge on any atom is 0.0946 e. The van der Waals surface area contributed by atoms with E-state index in [1.165, 1.54) is 24.0 Å². The highest BCUT2D eigenvalue weighted by Gasteiger charge is 2.51. The molecule has 1 saturated heterocycles. The lowest BCUT2D eigenvalue weighted by molar-refractivity contribution is 0.0137.